The Bertz CT molecular complexity index is 1120. The molecule has 0 spiro atoms. The van der Waals surface area contributed by atoms with Crippen molar-refractivity contribution in [3.8, 4) is 0 Å². The Kier molecular flexibility index (Phi) is 9.44. The van der Waals surface area contributed by atoms with E-state index in [0.29, 0.717) is 22.2 Å². The van der Waals surface area contributed by atoms with Gasteiger partial charge < -0.3 is 10.2 Å². The summed E-state index contributed by atoms with van der Waals surface area (Å²) in [6, 6.07) is 12.6. The minimum Gasteiger partial charge on any atom is -0.352 e. The summed E-state index contributed by atoms with van der Waals surface area (Å²) in [4.78, 5) is 28.3. The zero-order valence-electron chi connectivity index (χ0n) is 19.9. The van der Waals surface area contributed by atoms with E-state index in [1.165, 1.54) is 4.90 Å². The first-order valence-corrected chi connectivity index (χ1v) is 14.3. The molecular weight excluding hydrogens is 509 g/mol. The van der Waals surface area contributed by atoms with Gasteiger partial charge >= 0.3 is 0 Å². The fourth-order valence-electron chi connectivity index (χ4n) is 4.29. The zero-order chi connectivity index (χ0) is 25.6. The van der Waals surface area contributed by atoms with Gasteiger partial charge in [0.25, 0.3) is 0 Å². The Balaban J connectivity index is 1.90. The molecule has 190 valence electrons. The monoisotopic (exact) mass is 539 g/mol. The van der Waals surface area contributed by atoms with Crippen molar-refractivity contribution in [1.82, 2.24) is 10.2 Å². The first kappa shape index (κ1) is 27.3. The molecule has 0 bridgehead atoms. The number of sulfonamides is 1. The number of hydrogen-bond donors (Lipinski definition) is 1. The van der Waals surface area contributed by atoms with E-state index < -0.39 is 28.5 Å². The second-order valence-corrected chi connectivity index (χ2v) is 11.6. The minimum atomic E-state index is -3.78. The summed E-state index contributed by atoms with van der Waals surface area (Å²) in [5.74, 6) is -0.701. The standard InChI is InChI=1S/C25H31Cl2N3O4S/c1-3-23(25(32)28-21-6-4-5-7-21)29(16-18-8-10-19(26)11-9-18)24(31)17-30(35(2,33)34)22-14-12-20(27)13-15-22/h8-15,21,23H,3-7,16-17H2,1-2H3,(H,28,32). The van der Waals surface area contributed by atoms with Gasteiger partial charge in [-0.1, -0.05) is 55.1 Å². The lowest BCUT2D eigenvalue weighted by Gasteiger charge is -2.33. The van der Waals surface area contributed by atoms with Gasteiger partial charge in [0.15, 0.2) is 0 Å². The third-order valence-electron chi connectivity index (χ3n) is 6.15. The maximum absolute atomic E-state index is 13.6. The van der Waals surface area contributed by atoms with Gasteiger partial charge in [-0.3, -0.25) is 13.9 Å². The Morgan fingerprint density at radius 1 is 1.00 bits per heavy atom. The van der Waals surface area contributed by atoms with Crippen molar-refractivity contribution in [2.75, 3.05) is 17.1 Å². The van der Waals surface area contributed by atoms with Crippen LogP contribution >= 0.6 is 23.2 Å². The second-order valence-electron chi connectivity index (χ2n) is 8.81. The van der Waals surface area contributed by atoms with E-state index in [2.05, 4.69) is 5.32 Å². The lowest BCUT2D eigenvalue weighted by atomic mass is 10.1. The molecule has 0 aromatic heterocycles. The summed E-state index contributed by atoms with van der Waals surface area (Å²) >= 11 is 12.0. The summed E-state index contributed by atoms with van der Waals surface area (Å²) in [5.41, 5.74) is 1.10. The Labute approximate surface area is 217 Å². The van der Waals surface area contributed by atoms with Crippen molar-refractivity contribution in [1.29, 1.82) is 0 Å². The average Bonchev–Trinajstić information content (AvgIpc) is 3.31. The highest BCUT2D eigenvalue weighted by Crippen LogP contribution is 2.23. The van der Waals surface area contributed by atoms with Crippen molar-refractivity contribution in [3.05, 3.63) is 64.1 Å². The van der Waals surface area contributed by atoms with Gasteiger partial charge in [-0.2, -0.15) is 0 Å². The minimum absolute atomic E-state index is 0.102. The molecule has 0 radical (unpaired) electrons. The normalized spacial score (nSPS) is 15.0. The molecule has 10 heteroatoms. The molecule has 1 atom stereocenters. The third kappa shape index (κ3) is 7.59. The van der Waals surface area contributed by atoms with Crippen molar-refractivity contribution in [2.24, 2.45) is 0 Å². The molecule has 0 aliphatic heterocycles. The number of halogens is 2. The van der Waals surface area contributed by atoms with Crippen molar-refractivity contribution in [3.63, 3.8) is 0 Å². The predicted octanol–water partition coefficient (Wildman–Crippen LogP) is 4.63. The van der Waals surface area contributed by atoms with Crippen LogP contribution in [-0.4, -0.2) is 50.0 Å². The van der Waals surface area contributed by atoms with Crippen LogP contribution in [0, 0.1) is 0 Å². The molecule has 2 aromatic carbocycles. The summed E-state index contributed by atoms with van der Waals surface area (Å²) < 4.78 is 26.2. The Morgan fingerprint density at radius 3 is 2.06 bits per heavy atom. The van der Waals surface area contributed by atoms with Crippen LogP contribution in [0.25, 0.3) is 0 Å². The molecule has 35 heavy (non-hydrogen) atoms. The van der Waals surface area contributed by atoms with Gasteiger partial charge in [-0.25, -0.2) is 8.42 Å². The number of carbonyl (C=O) groups is 2. The third-order valence-corrected chi connectivity index (χ3v) is 7.79. The summed E-state index contributed by atoms with van der Waals surface area (Å²) in [7, 11) is -3.78. The van der Waals surface area contributed by atoms with E-state index in [1.54, 1.807) is 48.5 Å². The topological polar surface area (TPSA) is 86.8 Å². The van der Waals surface area contributed by atoms with Crippen LogP contribution in [0.3, 0.4) is 0 Å². The van der Waals surface area contributed by atoms with E-state index in [4.69, 9.17) is 23.2 Å². The highest BCUT2D eigenvalue weighted by Gasteiger charge is 2.33. The van der Waals surface area contributed by atoms with Crippen LogP contribution in [0.1, 0.15) is 44.6 Å². The maximum Gasteiger partial charge on any atom is 0.244 e. The van der Waals surface area contributed by atoms with Gasteiger partial charge in [-0.05, 0) is 61.2 Å². The number of nitrogens with one attached hydrogen (secondary N) is 1. The fourth-order valence-corrected chi connectivity index (χ4v) is 5.40. The lowest BCUT2D eigenvalue weighted by Crippen LogP contribution is -2.53. The van der Waals surface area contributed by atoms with Crippen LogP contribution in [-0.2, 0) is 26.2 Å². The molecule has 1 saturated carbocycles. The Morgan fingerprint density at radius 2 is 1.54 bits per heavy atom. The molecule has 7 nitrogen and oxygen atoms in total. The first-order chi connectivity index (χ1) is 16.6. The lowest BCUT2D eigenvalue weighted by molar-refractivity contribution is -0.140. The molecule has 1 fully saturated rings. The van der Waals surface area contributed by atoms with E-state index in [9.17, 15) is 18.0 Å². The second kappa shape index (κ2) is 12.1. The van der Waals surface area contributed by atoms with Crippen molar-refractivity contribution >= 4 is 50.7 Å². The molecule has 2 aromatic rings. The van der Waals surface area contributed by atoms with Gasteiger partial charge in [0.05, 0.1) is 11.9 Å². The zero-order valence-corrected chi connectivity index (χ0v) is 22.2. The number of amides is 2. The molecule has 2 amide bonds. The molecule has 0 heterocycles. The van der Waals surface area contributed by atoms with E-state index in [-0.39, 0.29) is 18.5 Å². The van der Waals surface area contributed by atoms with Gasteiger partial charge in [0.2, 0.25) is 21.8 Å². The number of hydrogen-bond acceptors (Lipinski definition) is 4. The number of carbonyl (C=O) groups excluding carboxylic acids is 2. The molecule has 1 N–H and O–H groups in total. The summed E-state index contributed by atoms with van der Waals surface area (Å²) in [6.45, 7) is 1.54. The maximum atomic E-state index is 13.6. The number of benzene rings is 2. The predicted molar refractivity (Wildman–Crippen MR) is 140 cm³/mol. The van der Waals surface area contributed by atoms with E-state index in [1.807, 2.05) is 6.92 Å². The van der Waals surface area contributed by atoms with E-state index in [0.717, 1.165) is 41.8 Å². The quantitative estimate of drug-likeness (QED) is 0.476. The van der Waals surface area contributed by atoms with Crippen LogP contribution in [0.5, 0.6) is 0 Å². The molecule has 1 aliphatic carbocycles. The first-order valence-electron chi connectivity index (χ1n) is 11.7. The van der Waals surface area contributed by atoms with Crippen molar-refractivity contribution in [2.45, 2.75) is 57.7 Å². The summed E-state index contributed by atoms with van der Waals surface area (Å²) in [5, 5.41) is 4.09. The molecular formula is C25H31Cl2N3O4S. The molecule has 1 unspecified atom stereocenters. The SMILES string of the molecule is CCC(C(=O)NC1CCCC1)N(Cc1ccc(Cl)cc1)C(=O)CN(c1ccc(Cl)cc1)S(C)(=O)=O. The van der Waals surface area contributed by atoms with Crippen molar-refractivity contribution < 1.29 is 18.0 Å². The van der Waals surface area contributed by atoms with Gasteiger partial charge in [-0.15, -0.1) is 0 Å². The molecule has 1 aliphatic rings. The molecule has 0 saturated heterocycles. The highest BCUT2D eigenvalue weighted by atomic mass is 35.5. The average molecular weight is 541 g/mol. The van der Waals surface area contributed by atoms with Crippen LogP contribution < -0.4 is 9.62 Å². The number of nitrogens with zero attached hydrogens (tertiary/aromatic N) is 2. The summed E-state index contributed by atoms with van der Waals surface area (Å²) in [6.07, 6.45) is 5.41. The number of anilines is 1. The van der Waals surface area contributed by atoms with Crippen LogP contribution in [0.15, 0.2) is 48.5 Å². The van der Waals surface area contributed by atoms with Crippen LogP contribution in [0.2, 0.25) is 10.0 Å². The fraction of sp³-hybridized carbons (Fsp3) is 0.440. The smallest absolute Gasteiger partial charge is 0.244 e. The van der Waals surface area contributed by atoms with E-state index >= 15 is 0 Å². The number of rotatable bonds is 10. The molecule has 3 rings (SSSR count). The highest BCUT2D eigenvalue weighted by molar-refractivity contribution is 7.92. The largest absolute Gasteiger partial charge is 0.352 e. The van der Waals surface area contributed by atoms with Crippen LogP contribution in [0.4, 0.5) is 5.69 Å². The van der Waals surface area contributed by atoms with Gasteiger partial charge in [0.1, 0.15) is 12.6 Å². The van der Waals surface area contributed by atoms with Gasteiger partial charge in [0, 0.05) is 22.6 Å². The Hall–Kier alpha value is -2.29.